The predicted octanol–water partition coefficient (Wildman–Crippen LogP) is 4.14. The molecule has 1 rings (SSSR count). The molecule has 1 atom stereocenters. The van der Waals surface area contributed by atoms with Gasteiger partial charge in [-0.3, -0.25) is 0 Å². The van der Waals surface area contributed by atoms with E-state index in [4.69, 9.17) is 9.47 Å². The lowest BCUT2D eigenvalue weighted by molar-refractivity contribution is -0.00500. The molecule has 0 aliphatic carbocycles. The van der Waals surface area contributed by atoms with E-state index in [0.717, 1.165) is 25.7 Å². The molecule has 23 heavy (non-hydrogen) atoms. The first-order chi connectivity index (χ1) is 11.1. The van der Waals surface area contributed by atoms with E-state index in [1.807, 2.05) is 19.1 Å². The zero-order valence-electron chi connectivity index (χ0n) is 14.2. The van der Waals surface area contributed by atoms with Crippen LogP contribution in [0.3, 0.4) is 0 Å². The van der Waals surface area contributed by atoms with Gasteiger partial charge >= 0.3 is 12.1 Å². The number of aryl methyl sites for hydroxylation is 1. The third kappa shape index (κ3) is 7.17. The maximum absolute atomic E-state index is 12.2. The Balaban J connectivity index is 2.57. The molecule has 0 saturated carbocycles. The van der Waals surface area contributed by atoms with Gasteiger partial charge in [0.2, 0.25) is 0 Å². The Labute approximate surface area is 137 Å². The molecule has 128 valence electrons. The minimum atomic E-state index is -0.776. The summed E-state index contributed by atoms with van der Waals surface area (Å²) in [5, 5.41) is 0. The van der Waals surface area contributed by atoms with Crippen LogP contribution in [0, 0.1) is 0 Å². The summed E-state index contributed by atoms with van der Waals surface area (Å²) in [5.41, 5.74) is 1.71. The average molecular weight is 322 g/mol. The number of hydrogen-bond donors (Lipinski definition) is 0. The summed E-state index contributed by atoms with van der Waals surface area (Å²) in [7, 11) is 1.24. The fourth-order valence-electron chi connectivity index (χ4n) is 2.13. The first-order valence-corrected chi connectivity index (χ1v) is 8.11. The lowest BCUT2D eigenvalue weighted by Crippen LogP contribution is -2.25. The smallest absolute Gasteiger partial charge is 0.455 e. The van der Waals surface area contributed by atoms with Crippen molar-refractivity contribution in [3.8, 4) is 0 Å². The predicted molar refractivity (Wildman–Crippen MR) is 87.5 cm³/mol. The zero-order valence-corrected chi connectivity index (χ0v) is 14.2. The molecule has 0 radical (unpaired) electrons. The molecule has 0 aliphatic rings. The maximum Gasteiger partial charge on any atom is 0.508 e. The molecule has 1 aromatic carbocycles. The van der Waals surface area contributed by atoms with Crippen molar-refractivity contribution in [2.45, 2.75) is 52.1 Å². The van der Waals surface area contributed by atoms with Crippen molar-refractivity contribution in [2.24, 2.45) is 0 Å². The fraction of sp³-hybridized carbons (Fsp3) is 0.556. The van der Waals surface area contributed by atoms with Gasteiger partial charge in [0.05, 0.1) is 12.7 Å². The van der Waals surface area contributed by atoms with Crippen LogP contribution < -0.4 is 0 Å². The van der Waals surface area contributed by atoms with E-state index in [9.17, 15) is 9.59 Å². The summed E-state index contributed by atoms with van der Waals surface area (Å²) in [5.74, 6) is -0.404. The molecule has 0 bridgehead atoms. The van der Waals surface area contributed by atoms with Crippen LogP contribution in [0.4, 0.5) is 4.79 Å². The number of rotatable bonds is 9. The van der Waals surface area contributed by atoms with E-state index in [1.54, 1.807) is 12.1 Å². The van der Waals surface area contributed by atoms with Crippen LogP contribution in [-0.4, -0.2) is 31.9 Å². The van der Waals surface area contributed by atoms with Gasteiger partial charge in [-0.2, -0.15) is 0 Å². The molecule has 1 aromatic rings. The lowest BCUT2D eigenvalue weighted by Gasteiger charge is -2.17. The number of methoxy groups -OCH3 is 1. The second-order valence-corrected chi connectivity index (χ2v) is 5.38. The monoisotopic (exact) mass is 322 g/mol. The Morgan fingerprint density at radius 2 is 1.78 bits per heavy atom. The highest BCUT2D eigenvalue weighted by Gasteiger charge is 2.17. The minimum absolute atomic E-state index is 0.000830. The van der Waals surface area contributed by atoms with E-state index >= 15 is 0 Å². The summed E-state index contributed by atoms with van der Waals surface area (Å²) in [6, 6.07) is 7.45. The largest absolute Gasteiger partial charge is 0.508 e. The van der Waals surface area contributed by atoms with Crippen LogP contribution in [0.15, 0.2) is 24.3 Å². The number of ether oxygens (including phenoxy) is 3. The molecule has 0 amide bonds. The number of carbonyl (C=O) groups is 2. The van der Waals surface area contributed by atoms with Gasteiger partial charge in [-0.05, 0) is 37.0 Å². The summed E-state index contributed by atoms with van der Waals surface area (Å²) in [6.07, 6.45) is 3.48. The highest BCUT2D eigenvalue weighted by molar-refractivity contribution is 5.89. The van der Waals surface area contributed by atoms with Crippen molar-refractivity contribution in [1.29, 1.82) is 0 Å². The van der Waals surface area contributed by atoms with Gasteiger partial charge in [0.15, 0.2) is 0 Å². The molecule has 5 nitrogen and oxygen atoms in total. The first kappa shape index (κ1) is 19.0. The van der Waals surface area contributed by atoms with Crippen molar-refractivity contribution in [2.75, 3.05) is 13.7 Å². The lowest BCUT2D eigenvalue weighted by atomic mass is 10.1. The molecular weight excluding hydrogens is 296 g/mol. The van der Waals surface area contributed by atoms with Gasteiger partial charge in [-0.25, -0.2) is 9.59 Å². The van der Waals surface area contributed by atoms with Crippen LogP contribution in [0.1, 0.15) is 55.5 Å². The second kappa shape index (κ2) is 10.6. The molecular formula is C18H26O5. The highest BCUT2D eigenvalue weighted by Crippen LogP contribution is 2.12. The van der Waals surface area contributed by atoms with Crippen molar-refractivity contribution in [3.05, 3.63) is 35.4 Å². The van der Waals surface area contributed by atoms with Crippen LogP contribution in [0.2, 0.25) is 0 Å². The fourth-order valence-corrected chi connectivity index (χ4v) is 2.13. The maximum atomic E-state index is 12.2. The number of benzene rings is 1. The van der Waals surface area contributed by atoms with Crippen LogP contribution in [0.5, 0.6) is 0 Å². The summed E-state index contributed by atoms with van der Waals surface area (Å²) in [6.45, 7) is 4.12. The van der Waals surface area contributed by atoms with Gasteiger partial charge in [0.1, 0.15) is 12.7 Å². The topological polar surface area (TPSA) is 61.8 Å². The van der Waals surface area contributed by atoms with E-state index in [-0.39, 0.29) is 6.61 Å². The third-order valence-corrected chi connectivity index (χ3v) is 3.45. The molecule has 1 unspecified atom stereocenters. The molecule has 0 N–H and O–H groups in total. The number of hydrogen-bond acceptors (Lipinski definition) is 5. The molecule has 5 heteroatoms. The molecule has 0 aliphatic heterocycles. The molecule has 0 heterocycles. The first-order valence-electron chi connectivity index (χ1n) is 8.11. The second-order valence-electron chi connectivity index (χ2n) is 5.38. The summed E-state index contributed by atoms with van der Waals surface area (Å²) in [4.78, 5) is 23.2. The van der Waals surface area contributed by atoms with Gasteiger partial charge in [-0.15, -0.1) is 0 Å². The Morgan fingerprint density at radius 3 is 2.35 bits per heavy atom. The molecule has 0 aromatic heterocycles. The minimum Gasteiger partial charge on any atom is -0.455 e. The van der Waals surface area contributed by atoms with E-state index < -0.39 is 18.2 Å². The summed E-state index contributed by atoms with van der Waals surface area (Å²) < 4.78 is 14.7. The standard InChI is InChI=1S/C18H26O5/c1-4-6-8-14-9-11-15(12-10-14)17(19)23-16(7-5-2)13-22-18(20)21-3/h9-12,16H,4-8,13H2,1-3H3. The van der Waals surface area contributed by atoms with Crippen LogP contribution in [-0.2, 0) is 20.6 Å². The van der Waals surface area contributed by atoms with E-state index in [0.29, 0.717) is 12.0 Å². The van der Waals surface area contributed by atoms with Crippen LogP contribution in [0.25, 0.3) is 0 Å². The van der Waals surface area contributed by atoms with Crippen LogP contribution >= 0.6 is 0 Å². The van der Waals surface area contributed by atoms with Gasteiger partial charge < -0.3 is 14.2 Å². The van der Waals surface area contributed by atoms with Crippen molar-refractivity contribution < 1.29 is 23.8 Å². The Hall–Kier alpha value is -2.04. The number of carbonyl (C=O) groups excluding carboxylic acids is 2. The summed E-state index contributed by atoms with van der Waals surface area (Å²) >= 11 is 0. The third-order valence-electron chi connectivity index (χ3n) is 3.45. The van der Waals surface area contributed by atoms with E-state index in [1.165, 1.54) is 12.7 Å². The van der Waals surface area contributed by atoms with Gasteiger partial charge in [0.25, 0.3) is 0 Å². The molecule has 0 saturated heterocycles. The average Bonchev–Trinajstić information content (AvgIpc) is 2.58. The van der Waals surface area contributed by atoms with Gasteiger partial charge in [-0.1, -0.05) is 38.8 Å². The zero-order chi connectivity index (χ0) is 17.1. The Bertz CT molecular complexity index is 481. The van der Waals surface area contributed by atoms with Crippen molar-refractivity contribution >= 4 is 12.1 Å². The normalized spacial score (nSPS) is 11.6. The number of esters is 1. The van der Waals surface area contributed by atoms with Crippen molar-refractivity contribution in [3.63, 3.8) is 0 Å². The quantitative estimate of drug-likeness (QED) is 0.639. The molecule has 0 spiro atoms. The molecule has 0 fully saturated rings. The Morgan fingerprint density at radius 1 is 1.09 bits per heavy atom. The van der Waals surface area contributed by atoms with E-state index in [2.05, 4.69) is 11.7 Å². The SMILES string of the molecule is CCCCc1ccc(C(=O)OC(CCC)COC(=O)OC)cc1. The Kier molecular flexibility index (Phi) is 8.80. The van der Waals surface area contributed by atoms with Gasteiger partial charge in [0, 0.05) is 0 Å². The number of unbranched alkanes of at least 4 members (excludes halogenated alkanes) is 1. The highest BCUT2D eigenvalue weighted by atomic mass is 16.7. The van der Waals surface area contributed by atoms with Crippen molar-refractivity contribution in [1.82, 2.24) is 0 Å².